The molecule has 0 fully saturated rings. The highest BCUT2D eigenvalue weighted by molar-refractivity contribution is 5.64. The number of nitrogens with one attached hydrogen (secondary N) is 1. The highest BCUT2D eigenvalue weighted by Crippen LogP contribution is 2.31. The van der Waals surface area contributed by atoms with Crippen molar-refractivity contribution in [3.8, 4) is 11.1 Å². The van der Waals surface area contributed by atoms with Crippen LogP contribution in [0, 0.1) is 0 Å². The molecule has 0 atom stereocenters. The summed E-state index contributed by atoms with van der Waals surface area (Å²) in [5.41, 5.74) is 2.22. The topological polar surface area (TPSA) is 15.3 Å². The maximum atomic E-state index is 12.7. The van der Waals surface area contributed by atoms with Crippen LogP contribution < -0.4 is 5.32 Å². The van der Waals surface area contributed by atoms with Crippen molar-refractivity contribution >= 4 is 0 Å². The Bertz CT molecular complexity index is 647. The number of alkyl halides is 3. The summed E-state index contributed by atoms with van der Waals surface area (Å²) in [6, 6.07) is 13.2. The van der Waals surface area contributed by atoms with E-state index in [1.807, 2.05) is 24.3 Å². The number of benzene rings is 2. The highest BCUT2D eigenvalue weighted by Gasteiger charge is 2.29. The van der Waals surface area contributed by atoms with E-state index >= 15 is 0 Å². The van der Waals surface area contributed by atoms with E-state index in [9.17, 15) is 13.2 Å². The Morgan fingerprint density at radius 3 is 2.20 bits per heavy atom. The predicted molar refractivity (Wildman–Crippen MR) is 96.4 cm³/mol. The number of nitrogens with zero attached hydrogens (tertiary/aromatic N) is 1. The fourth-order valence-electron chi connectivity index (χ4n) is 2.72. The van der Waals surface area contributed by atoms with Gasteiger partial charge < -0.3 is 10.2 Å². The lowest BCUT2D eigenvalue weighted by Crippen LogP contribution is -2.31. The van der Waals surface area contributed by atoms with Gasteiger partial charge in [0, 0.05) is 19.6 Å². The van der Waals surface area contributed by atoms with Crippen LogP contribution in [0.2, 0.25) is 0 Å². The van der Waals surface area contributed by atoms with Crippen molar-refractivity contribution in [3.63, 3.8) is 0 Å². The Hall–Kier alpha value is -1.85. The number of halogens is 3. The lowest BCUT2D eigenvalue weighted by Gasteiger charge is -2.18. The minimum absolute atomic E-state index is 0.620. The summed E-state index contributed by atoms with van der Waals surface area (Å²) in [7, 11) is 0. The van der Waals surface area contributed by atoms with Gasteiger partial charge in [-0.25, -0.2) is 0 Å². The van der Waals surface area contributed by atoms with Gasteiger partial charge in [0.25, 0.3) is 0 Å². The molecule has 0 bridgehead atoms. The Morgan fingerprint density at radius 2 is 1.60 bits per heavy atom. The van der Waals surface area contributed by atoms with Gasteiger partial charge in [-0.1, -0.05) is 44.2 Å². The van der Waals surface area contributed by atoms with Gasteiger partial charge in [-0.3, -0.25) is 0 Å². The summed E-state index contributed by atoms with van der Waals surface area (Å²) in [5.74, 6) is 0. The Morgan fingerprint density at radius 1 is 0.920 bits per heavy atom. The lowest BCUT2D eigenvalue weighted by atomic mass is 10.0. The fraction of sp³-hybridized carbons (Fsp3) is 0.400. The van der Waals surface area contributed by atoms with E-state index in [1.54, 1.807) is 0 Å². The zero-order valence-corrected chi connectivity index (χ0v) is 14.7. The van der Waals surface area contributed by atoms with Crippen LogP contribution in [0.4, 0.5) is 13.2 Å². The normalized spacial score (nSPS) is 11.9. The third-order valence-electron chi connectivity index (χ3n) is 4.30. The number of hydrogen-bond donors (Lipinski definition) is 1. The summed E-state index contributed by atoms with van der Waals surface area (Å²) in [6.45, 7) is 9.05. The lowest BCUT2D eigenvalue weighted by molar-refractivity contribution is -0.137. The van der Waals surface area contributed by atoms with Crippen molar-refractivity contribution < 1.29 is 13.2 Å². The van der Waals surface area contributed by atoms with Gasteiger partial charge in [-0.2, -0.15) is 13.2 Å². The van der Waals surface area contributed by atoms with Crippen LogP contribution in [0.5, 0.6) is 0 Å². The molecule has 2 aromatic rings. The molecule has 5 heteroatoms. The van der Waals surface area contributed by atoms with Crippen molar-refractivity contribution in [2.45, 2.75) is 26.6 Å². The van der Waals surface area contributed by atoms with E-state index in [-0.39, 0.29) is 0 Å². The third kappa shape index (κ3) is 5.87. The largest absolute Gasteiger partial charge is 0.416 e. The molecule has 2 aromatic carbocycles. The standard InChI is InChI=1S/C20H25F3N2/c1-3-25(4-2)13-12-24-15-16-6-5-7-18(14-16)17-8-10-19(11-9-17)20(21,22)23/h5-11,14,24H,3-4,12-13,15H2,1-2H3. The monoisotopic (exact) mass is 350 g/mol. The molecule has 25 heavy (non-hydrogen) atoms. The number of hydrogen-bond acceptors (Lipinski definition) is 2. The number of rotatable bonds is 8. The summed E-state index contributed by atoms with van der Waals surface area (Å²) >= 11 is 0. The fourth-order valence-corrected chi connectivity index (χ4v) is 2.72. The van der Waals surface area contributed by atoms with Crippen molar-refractivity contribution in [1.29, 1.82) is 0 Å². The molecule has 0 aromatic heterocycles. The second-order valence-electron chi connectivity index (χ2n) is 5.98. The zero-order valence-electron chi connectivity index (χ0n) is 14.7. The van der Waals surface area contributed by atoms with E-state index < -0.39 is 11.7 Å². The van der Waals surface area contributed by atoms with Crippen LogP contribution in [0.1, 0.15) is 25.0 Å². The maximum Gasteiger partial charge on any atom is 0.416 e. The van der Waals surface area contributed by atoms with Gasteiger partial charge in [0.15, 0.2) is 0 Å². The summed E-state index contributed by atoms with van der Waals surface area (Å²) in [5, 5.41) is 3.42. The van der Waals surface area contributed by atoms with Gasteiger partial charge in [0.2, 0.25) is 0 Å². The molecule has 0 unspecified atom stereocenters. The van der Waals surface area contributed by atoms with Crippen molar-refractivity contribution in [3.05, 3.63) is 59.7 Å². The predicted octanol–water partition coefficient (Wildman–Crippen LogP) is 4.80. The molecule has 0 aliphatic heterocycles. The van der Waals surface area contributed by atoms with Crippen LogP contribution in [-0.4, -0.2) is 31.1 Å². The summed E-state index contributed by atoms with van der Waals surface area (Å²) in [4.78, 5) is 2.35. The van der Waals surface area contributed by atoms with Crippen LogP contribution in [0.3, 0.4) is 0 Å². The first-order chi connectivity index (χ1) is 11.9. The molecule has 0 heterocycles. The molecule has 0 aliphatic rings. The first-order valence-corrected chi connectivity index (χ1v) is 8.63. The average Bonchev–Trinajstić information content (AvgIpc) is 2.61. The Balaban J connectivity index is 1.97. The quantitative estimate of drug-likeness (QED) is 0.688. The molecule has 0 aliphatic carbocycles. The second-order valence-corrected chi connectivity index (χ2v) is 5.98. The zero-order chi connectivity index (χ0) is 18.3. The molecule has 1 N–H and O–H groups in total. The molecule has 0 amide bonds. The van der Waals surface area contributed by atoms with E-state index in [0.29, 0.717) is 0 Å². The van der Waals surface area contributed by atoms with Crippen LogP contribution in [0.25, 0.3) is 11.1 Å². The molecule has 0 radical (unpaired) electrons. The SMILES string of the molecule is CCN(CC)CCNCc1cccc(-c2ccc(C(F)(F)F)cc2)c1. The molecule has 0 saturated heterocycles. The Kier molecular flexibility index (Phi) is 7.02. The van der Waals surface area contributed by atoms with Gasteiger partial charge in [0.05, 0.1) is 5.56 Å². The minimum Gasteiger partial charge on any atom is -0.311 e. The van der Waals surface area contributed by atoms with Gasteiger partial charge in [-0.15, -0.1) is 0 Å². The Labute approximate surface area is 147 Å². The van der Waals surface area contributed by atoms with E-state index in [0.717, 1.165) is 61.5 Å². The van der Waals surface area contributed by atoms with E-state index in [1.165, 1.54) is 12.1 Å². The van der Waals surface area contributed by atoms with Crippen molar-refractivity contribution in [1.82, 2.24) is 10.2 Å². The van der Waals surface area contributed by atoms with Crippen LogP contribution in [-0.2, 0) is 12.7 Å². The first kappa shape index (κ1) is 19.5. The van der Waals surface area contributed by atoms with E-state index in [2.05, 4.69) is 24.1 Å². The molecule has 2 nitrogen and oxygen atoms in total. The molecular weight excluding hydrogens is 325 g/mol. The van der Waals surface area contributed by atoms with Crippen LogP contribution in [0.15, 0.2) is 48.5 Å². The first-order valence-electron chi connectivity index (χ1n) is 8.63. The smallest absolute Gasteiger partial charge is 0.311 e. The summed E-state index contributed by atoms with van der Waals surface area (Å²) < 4.78 is 38.0. The maximum absolute atomic E-state index is 12.7. The van der Waals surface area contributed by atoms with Gasteiger partial charge in [0.1, 0.15) is 0 Å². The minimum atomic E-state index is -4.30. The van der Waals surface area contributed by atoms with E-state index in [4.69, 9.17) is 0 Å². The average molecular weight is 350 g/mol. The molecular formula is C20H25F3N2. The van der Waals surface area contributed by atoms with Crippen molar-refractivity contribution in [2.24, 2.45) is 0 Å². The van der Waals surface area contributed by atoms with Gasteiger partial charge in [-0.05, 0) is 48.0 Å². The second kappa shape index (κ2) is 9.02. The molecule has 0 saturated carbocycles. The molecule has 0 spiro atoms. The molecule has 2 rings (SSSR count). The summed E-state index contributed by atoms with van der Waals surface area (Å²) in [6.07, 6.45) is -4.30. The molecule has 136 valence electrons. The number of likely N-dealkylation sites (N-methyl/N-ethyl adjacent to an activating group) is 1. The van der Waals surface area contributed by atoms with Gasteiger partial charge >= 0.3 is 6.18 Å². The third-order valence-corrected chi connectivity index (χ3v) is 4.30. The highest BCUT2D eigenvalue weighted by atomic mass is 19.4. The van der Waals surface area contributed by atoms with Crippen molar-refractivity contribution in [2.75, 3.05) is 26.2 Å². The van der Waals surface area contributed by atoms with Crippen LogP contribution >= 0.6 is 0 Å².